The molecule has 102 valence electrons. The van der Waals surface area contributed by atoms with Gasteiger partial charge in [-0.2, -0.15) is 13.2 Å². The van der Waals surface area contributed by atoms with Gasteiger partial charge in [-0.25, -0.2) is 0 Å². The Kier molecular flexibility index (Phi) is 2.74. The van der Waals surface area contributed by atoms with Crippen LogP contribution in [-0.4, -0.2) is 14.6 Å². The highest BCUT2D eigenvalue weighted by Gasteiger charge is 2.31. The summed E-state index contributed by atoms with van der Waals surface area (Å²) >= 11 is 0. The highest BCUT2D eigenvalue weighted by atomic mass is 19.4. The molecule has 6 heteroatoms. The lowest BCUT2D eigenvalue weighted by atomic mass is 10.1. The Hall–Kier alpha value is -2.37. The van der Waals surface area contributed by atoms with Gasteiger partial charge in [0.05, 0.1) is 5.56 Å². The fourth-order valence-corrected chi connectivity index (χ4v) is 2.07. The molecule has 3 rings (SSSR count). The normalized spacial score (nSPS) is 12.0. The molecule has 0 fully saturated rings. The maximum absolute atomic E-state index is 12.8. The van der Waals surface area contributed by atoms with Crippen molar-refractivity contribution in [3.63, 3.8) is 0 Å². The van der Waals surface area contributed by atoms with E-state index in [0.29, 0.717) is 11.5 Å². The van der Waals surface area contributed by atoms with Crippen molar-refractivity contribution in [2.75, 3.05) is 0 Å². The minimum Gasteiger partial charge on any atom is -0.282 e. The van der Waals surface area contributed by atoms with Crippen molar-refractivity contribution in [3.8, 4) is 11.4 Å². The third kappa shape index (κ3) is 2.03. The summed E-state index contributed by atoms with van der Waals surface area (Å²) in [6, 6.07) is 9.69. The average molecular weight is 277 g/mol. The second-order valence-corrected chi connectivity index (χ2v) is 4.48. The minimum atomic E-state index is -4.39. The highest BCUT2D eigenvalue weighted by molar-refractivity contribution is 5.63. The molecule has 0 saturated carbocycles. The first-order valence-electron chi connectivity index (χ1n) is 5.95. The summed E-state index contributed by atoms with van der Waals surface area (Å²) in [5.74, 6) is 0.407. The number of alkyl halides is 3. The number of pyridine rings is 1. The van der Waals surface area contributed by atoms with Crippen LogP contribution in [0.5, 0.6) is 0 Å². The standard InChI is InChI=1S/C14H10F3N3/c1-9-4-2-3-5-11(9)13-19-18-12-7-6-10(8-20(12)13)14(15,16)17/h2-8H,1H3. The Morgan fingerprint density at radius 3 is 2.45 bits per heavy atom. The average Bonchev–Trinajstić information content (AvgIpc) is 2.81. The largest absolute Gasteiger partial charge is 0.417 e. The van der Waals surface area contributed by atoms with Gasteiger partial charge in [-0.3, -0.25) is 4.40 Å². The summed E-state index contributed by atoms with van der Waals surface area (Å²) in [6.45, 7) is 1.88. The molecular weight excluding hydrogens is 267 g/mol. The van der Waals surface area contributed by atoms with Gasteiger partial charge < -0.3 is 0 Å². The zero-order valence-electron chi connectivity index (χ0n) is 10.5. The SMILES string of the molecule is Cc1ccccc1-c1nnc2ccc(C(F)(F)F)cn12. The Balaban J connectivity index is 2.25. The summed E-state index contributed by atoms with van der Waals surface area (Å²) in [5.41, 5.74) is 1.36. The fraction of sp³-hybridized carbons (Fsp3) is 0.143. The minimum absolute atomic E-state index is 0.385. The Bertz CT molecular complexity index is 775. The number of aryl methyl sites for hydroxylation is 1. The molecule has 0 unspecified atom stereocenters. The van der Waals surface area contributed by atoms with Gasteiger partial charge in [0.2, 0.25) is 0 Å². The molecule has 3 aromatic rings. The van der Waals surface area contributed by atoms with Gasteiger partial charge in [0.1, 0.15) is 0 Å². The number of nitrogens with zero attached hydrogens (tertiary/aromatic N) is 3. The van der Waals surface area contributed by atoms with Crippen LogP contribution in [0, 0.1) is 6.92 Å². The molecule has 0 aliphatic heterocycles. The maximum Gasteiger partial charge on any atom is 0.417 e. The van der Waals surface area contributed by atoms with Crippen LogP contribution in [0.15, 0.2) is 42.6 Å². The van der Waals surface area contributed by atoms with Crippen LogP contribution in [0.25, 0.3) is 17.0 Å². The molecule has 0 amide bonds. The molecule has 0 aliphatic rings. The van der Waals surface area contributed by atoms with Crippen LogP contribution in [0.4, 0.5) is 13.2 Å². The number of hydrogen-bond acceptors (Lipinski definition) is 2. The fourth-order valence-electron chi connectivity index (χ4n) is 2.07. The van der Waals surface area contributed by atoms with Crippen molar-refractivity contribution < 1.29 is 13.2 Å². The zero-order valence-corrected chi connectivity index (χ0v) is 10.5. The van der Waals surface area contributed by atoms with Crippen molar-refractivity contribution >= 4 is 5.65 Å². The quantitative estimate of drug-likeness (QED) is 0.678. The first-order valence-corrected chi connectivity index (χ1v) is 5.95. The van der Waals surface area contributed by atoms with Crippen molar-refractivity contribution in [1.82, 2.24) is 14.6 Å². The van der Waals surface area contributed by atoms with Crippen LogP contribution in [-0.2, 0) is 6.18 Å². The first-order chi connectivity index (χ1) is 9.47. The molecule has 0 N–H and O–H groups in total. The van der Waals surface area contributed by atoms with Gasteiger partial charge in [-0.15, -0.1) is 10.2 Å². The molecule has 2 aromatic heterocycles. The van der Waals surface area contributed by atoms with Crippen molar-refractivity contribution in [2.45, 2.75) is 13.1 Å². The third-order valence-electron chi connectivity index (χ3n) is 3.12. The molecule has 20 heavy (non-hydrogen) atoms. The molecule has 0 aliphatic carbocycles. The van der Waals surface area contributed by atoms with E-state index in [1.807, 2.05) is 31.2 Å². The summed E-state index contributed by atoms with van der Waals surface area (Å²) in [5, 5.41) is 7.90. The predicted molar refractivity (Wildman–Crippen MR) is 68.2 cm³/mol. The lowest BCUT2D eigenvalue weighted by Crippen LogP contribution is -2.06. The van der Waals surface area contributed by atoms with Gasteiger partial charge in [0.25, 0.3) is 0 Å². The maximum atomic E-state index is 12.8. The molecule has 0 bridgehead atoms. The summed E-state index contributed by atoms with van der Waals surface area (Å²) < 4.78 is 39.7. The van der Waals surface area contributed by atoms with E-state index in [9.17, 15) is 13.2 Å². The molecule has 3 nitrogen and oxygen atoms in total. The topological polar surface area (TPSA) is 30.2 Å². The predicted octanol–water partition coefficient (Wildman–Crippen LogP) is 3.72. The van der Waals surface area contributed by atoms with E-state index in [-0.39, 0.29) is 0 Å². The smallest absolute Gasteiger partial charge is 0.282 e. The van der Waals surface area contributed by atoms with Gasteiger partial charge >= 0.3 is 6.18 Å². The number of rotatable bonds is 1. The zero-order chi connectivity index (χ0) is 14.3. The molecule has 0 radical (unpaired) electrons. The van der Waals surface area contributed by atoms with Gasteiger partial charge in [-0.1, -0.05) is 24.3 Å². The second kappa shape index (κ2) is 4.33. The number of benzene rings is 1. The molecular formula is C14H10F3N3. The van der Waals surface area contributed by atoms with Crippen molar-refractivity contribution in [1.29, 1.82) is 0 Å². The first kappa shape index (κ1) is 12.7. The van der Waals surface area contributed by atoms with E-state index in [4.69, 9.17) is 0 Å². The van der Waals surface area contributed by atoms with E-state index in [1.54, 1.807) is 0 Å². The van der Waals surface area contributed by atoms with Gasteiger partial charge in [0.15, 0.2) is 11.5 Å². The number of fused-ring (bicyclic) bond motifs is 1. The molecule has 2 heterocycles. The van der Waals surface area contributed by atoms with E-state index >= 15 is 0 Å². The summed E-state index contributed by atoms with van der Waals surface area (Å²) in [7, 11) is 0. The highest BCUT2D eigenvalue weighted by Crippen LogP contribution is 2.30. The van der Waals surface area contributed by atoms with Gasteiger partial charge in [0, 0.05) is 11.8 Å². The van der Waals surface area contributed by atoms with Crippen LogP contribution >= 0.6 is 0 Å². The molecule has 1 aromatic carbocycles. The van der Waals surface area contributed by atoms with Crippen LogP contribution in [0.3, 0.4) is 0 Å². The lowest BCUT2D eigenvalue weighted by Gasteiger charge is -2.08. The summed E-state index contributed by atoms with van der Waals surface area (Å²) in [4.78, 5) is 0. The van der Waals surface area contributed by atoms with Gasteiger partial charge in [-0.05, 0) is 24.6 Å². The Labute approximate surface area is 112 Å². The van der Waals surface area contributed by atoms with E-state index < -0.39 is 11.7 Å². The number of aromatic nitrogens is 3. The Morgan fingerprint density at radius 1 is 1.00 bits per heavy atom. The lowest BCUT2D eigenvalue weighted by molar-refractivity contribution is -0.137. The van der Waals surface area contributed by atoms with Crippen LogP contribution in [0.2, 0.25) is 0 Å². The summed E-state index contributed by atoms with van der Waals surface area (Å²) in [6.07, 6.45) is -3.36. The number of hydrogen-bond donors (Lipinski definition) is 0. The number of halogens is 3. The van der Waals surface area contributed by atoms with Crippen molar-refractivity contribution in [3.05, 3.63) is 53.7 Å². The molecule has 0 spiro atoms. The van der Waals surface area contributed by atoms with Crippen LogP contribution in [0.1, 0.15) is 11.1 Å². The van der Waals surface area contributed by atoms with E-state index in [0.717, 1.165) is 23.4 Å². The third-order valence-corrected chi connectivity index (χ3v) is 3.12. The van der Waals surface area contributed by atoms with Crippen LogP contribution < -0.4 is 0 Å². The van der Waals surface area contributed by atoms with Crippen molar-refractivity contribution in [2.24, 2.45) is 0 Å². The van der Waals surface area contributed by atoms with E-state index in [2.05, 4.69) is 10.2 Å². The Morgan fingerprint density at radius 2 is 1.75 bits per heavy atom. The monoisotopic (exact) mass is 277 g/mol. The molecule has 0 saturated heterocycles. The second-order valence-electron chi connectivity index (χ2n) is 4.48. The molecule has 0 atom stereocenters. The van der Waals surface area contributed by atoms with E-state index in [1.165, 1.54) is 10.5 Å².